The van der Waals surface area contributed by atoms with E-state index in [1.54, 1.807) is 6.92 Å². The summed E-state index contributed by atoms with van der Waals surface area (Å²) in [5.74, 6) is 0.159. The van der Waals surface area contributed by atoms with Gasteiger partial charge in [0.1, 0.15) is 0 Å². The molecule has 0 aliphatic carbocycles. The molecule has 1 N–H and O–H groups in total. The van der Waals surface area contributed by atoms with Gasteiger partial charge in [-0.2, -0.15) is 0 Å². The predicted octanol–water partition coefficient (Wildman–Crippen LogP) is 1.48. The lowest BCUT2D eigenvalue weighted by Crippen LogP contribution is -2.29. The molecule has 12 heavy (non-hydrogen) atoms. The zero-order valence-electron chi connectivity index (χ0n) is 8.02. The molecule has 0 aromatic rings. The molecule has 2 amide bonds. The molecule has 0 aromatic carbocycles. The first-order valence-corrected chi connectivity index (χ1v) is 4.39. The molecule has 0 aliphatic rings. The van der Waals surface area contributed by atoms with Crippen LogP contribution in [-0.2, 0) is 9.59 Å². The minimum Gasteiger partial charge on any atom is -0.296 e. The number of carbonyl (C=O) groups excluding carboxylic acids is 2. The van der Waals surface area contributed by atoms with Gasteiger partial charge in [-0.3, -0.25) is 14.9 Å². The van der Waals surface area contributed by atoms with Crippen molar-refractivity contribution in [2.75, 3.05) is 0 Å². The second-order valence-corrected chi connectivity index (χ2v) is 3.26. The Kier molecular flexibility index (Phi) is 5.34. The number of hydrogen-bond acceptors (Lipinski definition) is 2. The highest BCUT2D eigenvalue weighted by molar-refractivity contribution is 5.94. The summed E-state index contributed by atoms with van der Waals surface area (Å²) >= 11 is 0. The molecule has 0 aliphatic heterocycles. The van der Waals surface area contributed by atoms with E-state index in [9.17, 15) is 9.59 Å². The van der Waals surface area contributed by atoms with Gasteiger partial charge in [0, 0.05) is 12.8 Å². The number of nitrogens with one attached hydrogen (secondary N) is 1. The SMILES string of the molecule is CCC(=O)NC(=O)CCC(C)C. The van der Waals surface area contributed by atoms with E-state index in [1.807, 2.05) is 0 Å². The molecular weight excluding hydrogens is 154 g/mol. The number of carbonyl (C=O) groups is 2. The van der Waals surface area contributed by atoms with Crippen LogP contribution in [0.3, 0.4) is 0 Å². The highest BCUT2D eigenvalue weighted by atomic mass is 16.2. The van der Waals surface area contributed by atoms with Gasteiger partial charge in [0.15, 0.2) is 0 Å². The molecule has 3 heteroatoms. The van der Waals surface area contributed by atoms with Crippen molar-refractivity contribution < 1.29 is 9.59 Å². The van der Waals surface area contributed by atoms with Gasteiger partial charge in [-0.05, 0) is 12.3 Å². The normalized spacial score (nSPS) is 10.0. The van der Waals surface area contributed by atoms with Gasteiger partial charge in [-0.25, -0.2) is 0 Å². The zero-order chi connectivity index (χ0) is 9.56. The molecule has 0 heterocycles. The average molecular weight is 171 g/mol. The summed E-state index contributed by atoms with van der Waals surface area (Å²) in [7, 11) is 0. The summed E-state index contributed by atoms with van der Waals surface area (Å²) in [4.78, 5) is 21.7. The lowest BCUT2D eigenvalue weighted by molar-refractivity contribution is -0.130. The Hall–Kier alpha value is -0.860. The van der Waals surface area contributed by atoms with E-state index < -0.39 is 0 Å². The van der Waals surface area contributed by atoms with Crippen molar-refractivity contribution in [3.63, 3.8) is 0 Å². The number of amides is 2. The van der Waals surface area contributed by atoms with Gasteiger partial charge in [-0.15, -0.1) is 0 Å². The van der Waals surface area contributed by atoms with E-state index in [2.05, 4.69) is 19.2 Å². The second kappa shape index (κ2) is 5.75. The van der Waals surface area contributed by atoms with Gasteiger partial charge >= 0.3 is 0 Å². The van der Waals surface area contributed by atoms with Gasteiger partial charge < -0.3 is 0 Å². The number of hydrogen-bond donors (Lipinski definition) is 1. The van der Waals surface area contributed by atoms with Gasteiger partial charge in [0.05, 0.1) is 0 Å². The first-order chi connectivity index (χ1) is 5.56. The Bertz CT molecular complexity index is 164. The van der Waals surface area contributed by atoms with E-state index in [4.69, 9.17) is 0 Å². The molecule has 0 fully saturated rings. The van der Waals surface area contributed by atoms with Crippen molar-refractivity contribution in [2.24, 2.45) is 5.92 Å². The van der Waals surface area contributed by atoms with Crippen molar-refractivity contribution in [1.29, 1.82) is 0 Å². The molecule has 0 aromatic heterocycles. The van der Waals surface area contributed by atoms with Gasteiger partial charge in [0.25, 0.3) is 0 Å². The molecule has 3 nitrogen and oxygen atoms in total. The Morgan fingerprint density at radius 1 is 1.25 bits per heavy atom. The van der Waals surface area contributed by atoms with Crippen molar-refractivity contribution >= 4 is 11.8 Å². The van der Waals surface area contributed by atoms with Crippen LogP contribution in [0.5, 0.6) is 0 Å². The fourth-order valence-electron chi connectivity index (χ4n) is 0.726. The van der Waals surface area contributed by atoms with Crippen LogP contribution in [0.15, 0.2) is 0 Å². The van der Waals surface area contributed by atoms with Crippen molar-refractivity contribution in [3.8, 4) is 0 Å². The number of imide groups is 1. The molecular formula is C9H17NO2. The van der Waals surface area contributed by atoms with Crippen LogP contribution >= 0.6 is 0 Å². The Morgan fingerprint density at radius 3 is 2.25 bits per heavy atom. The lowest BCUT2D eigenvalue weighted by Gasteiger charge is -2.04. The fraction of sp³-hybridized carbons (Fsp3) is 0.778. The molecule has 0 unspecified atom stereocenters. The first-order valence-electron chi connectivity index (χ1n) is 4.39. The Labute approximate surface area is 73.5 Å². The second-order valence-electron chi connectivity index (χ2n) is 3.26. The quantitative estimate of drug-likeness (QED) is 0.696. The monoisotopic (exact) mass is 171 g/mol. The fourth-order valence-corrected chi connectivity index (χ4v) is 0.726. The maximum atomic E-state index is 11.0. The molecule has 0 radical (unpaired) electrons. The third-order valence-electron chi connectivity index (χ3n) is 1.55. The van der Waals surface area contributed by atoms with Crippen LogP contribution in [0, 0.1) is 5.92 Å². The molecule has 70 valence electrons. The third kappa shape index (κ3) is 5.89. The standard InChI is InChI=1S/C9H17NO2/c1-4-8(11)10-9(12)6-5-7(2)3/h7H,4-6H2,1-3H3,(H,10,11,12). The van der Waals surface area contributed by atoms with Crippen molar-refractivity contribution in [1.82, 2.24) is 5.32 Å². The molecule has 0 saturated heterocycles. The number of rotatable bonds is 4. The summed E-state index contributed by atoms with van der Waals surface area (Å²) in [6, 6.07) is 0. The average Bonchev–Trinajstić information content (AvgIpc) is 2.00. The minimum atomic E-state index is -0.191. The molecule has 0 bridgehead atoms. The maximum absolute atomic E-state index is 11.0. The zero-order valence-corrected chi connectivity index (χ0v) is 8.02. The van der Waals surface area contributed by atoms with E-state index >= 15 is 0 Å². The van der Waals surface area contributed by atoms with Gasteiger partial charge in [0.2, 0.25) is 11.8 Å². The topological polar surface area (TPSA) is 46.2 Å². The highest BCUT2D eigenvalue weighted by Crippen LogP contribution is 2.02. The van der Waals surface area contributed by atoms with E-state index in [0.29, 0.717) is 18.8 Å². The summed E-state index contributed by atoms with van der Waals surface area (Å²) in [5, 5.41) is 2.31. The van der Waals surface area contributed by atoms with Crippen LogP contribution in [-0.4, -0.2) is 11.8 Å². The Balaban J connectivity index is 3.53. The van der Waals surface area contributed by atoms with Gasteiger partial charge in [-0.1, -0.05) is 20.8 Å². The Morgan fingerprint density at radius 2 is 1.83 bits per heavy atom. The summed E-state index contributed by atoms with van der Waals surface area (Å²) < 4.78 is 0. The lowest BCUT2D eigenvalue weighted by atomic mass is 10.1. The third-order valence-corrected chi connectivity index (χ3v) is 1.55. The summed E-state index contributed by atoms with van der Waals surface area (Å²) in [6.07, 6.45) is 1.65. The van der Waals surface area contributed by atoms with E-state index in [0.717, 1.165) is 6.42 Å². The van der Waals surface area contributed by atoms with Crippen LogP contribution in [0.4, 0.5) is 0 Å². The van der Waals surface area contributed by atoms with Crippen molar-refractivity contribution in [3.05, 3.63) is 0 Å². The van der Waals surface area contributed by atoms with Crippen LogP contribution in [0.1, 0.15) is 40.0 Å². The van der Waals surface area contributed by atoms with Crippen LogP contribution in [0.25, 0.3) is 0 Å². The summed E-state index contributed by atoms with van der Waals surface area (Å²) in [6.45, 7) is 5.83. The van der Waals surface area contributed by atoms with Crippen LogP contribution < -0.4 is 5.32 Å². The minimum absolute atomic E-state index is 0.157. The highest BCUT2D eigenvalue weighted by Gasteiger charge is 2.05. The van der Waals surface area contributed by atoms with E-state index in [1.165, 1.54) is 0 Å². The maximum Gasteiger partial charge on any atom is 0.226 e. The molecule has 0 saturated carbocycles. The molecule has 0 spiro atoms. The smallest absolute Gasteiger partial charge is 0.226 e. The first kappa shape index (κ1) is 11.1. The van der Waals surface area contributed by atoms with Crippen LogP contribution in [0.2, 0.25) is 0 Å². The van der Waals surface area contributed by atoms with Crippen molar-refractivity contribution in [2.45, 2.75) is 40.0 Å². The molecule has 0 atom stereocenters. The largest absolute Gasteiger partial charge is 0.296 e. The van der Waals surface area contributed by atoms with E-state index in [-0.39, 0.29) is 11.8 Å². The predicted molar refractivity (Wildman–Crippen MR) is 47.5 cm³/mol. The summed E-state index contributed by atoms with van der Waals surface area (Å²) in [5.41, 5.74) is 0. The molecule has 0 rings (SSSR count).